The number of rotatable bonds is 3. The molecule has 1 fully saturated rings. The minimum atomic E-state index is -0.266. The maximum Gasteiger partial charge on any atom is 0.242 e. The molecule has 0 saturated carbocycles. The number of thiazole rings is 1. The van der Waals surface area contributed by atoms with E-state index in [1.54, 1.807) is 24.6 Å². The first-order valence-corrected chi connectivity index (χ1v) is 6.56. The van der Waals surface area contributed by atoms with Crippen LogP contribution in [0.15, 0.2) is 11.6 Å². The summed E-state index contributed by atoms with van der Waals surface area (Å²) in [5.41, 5.74) is 0. The molecule has 2 heterocycles. The topological polar surface area (TPSA) is 54.5 Å². The van der Waals surface area contributed by atoms with Crippen molar-refractivity contribution in [3.8, 4) is 0 Å². The maximum atomic E-state index is 12.3. The van der Waals surface area contributed by atoms with Crippen LogP contribution in [0.5, 0.6) is 0 Å². The highest BCUT2D eigenvalue weighted by atomic mass is 32.1. The number of amides is 1. The van der Waals surface area contributed by atoms with Crippen LogP contribution in [-0.4, -0.2) is 48.1 Å². The van der Waals surface area contributed by atoms with Crippen molar-refractivity contribution in [3.63, 3.8) is 0 Å². The lowest BCUT2D eigenvalue weighted by Crippen LogP contribution is -2.48. The monoisotopic (exact) mass is 255 g/mol. The molecule has 2 unspecified atom stereocenters. The number of nitrogens with zero attached hydrogens (tertiary/aromatic N) is 2. The van der Waals surface area contributed by atoms with E-state index in [0.717, 1.165) is 5.01 Å². The van der Waals surface area contributed by atoms with E-state index in [-0.39, 0.29) is 18.1 Å². The molecule has 1 aliphatic heterocycles. The van der Waals surface area contributed by atoms with Gasteiger partial charge in [-0.05, 0) is 14.0 Å². The molecule has 6 heteroatoms. The molecule has 17 heavy (non-hydrogen) atoms. The van der Waals surface area contributed by atoms with Gasteiger partial charge < -0.3 is 15.0 Å². The highest BCUT2D eigenvalue weighted by Gasteiger charge is 2.31. The van der Waals surface area contributed by atoms with Crippen LogP contribution in [0, 0.1) is 0 Å². The van der Waals surface area contributed by atoms with Crippen molar-refractivity contribution in [2.75, 3.05) is 20.2 Å². The fourth-order valence-corrected chi connectivity index (χ4v) is 2.59. The molecule has 2 rings (SSSR count). The Labute approximate surface area is 105 Å². The van der Waals surface area contributed by atoms with E-state index in [2.05, 4.69) is 10.3 Å². The average molecular weight is 255 g/mol. The average Bonchev–Trinajstić information content (AvgIpc) is 2.76. The highest BCUT2D eigenvalue weighted by Crippen LogP contribution is 2.14. The van der Waals surface area contributed by atoms with Crippen molar-refractivity contribution < 1.29 is 9.53 Å². The summed E-state index contributed by atoms with van der Waals surface area (Å²) in [4.78, 5) is 18.3. The van der Waals surface area contributed by atoms with Gasteiger partial charge >= 0.3 is 0 Å². The third-order valence-electron chi connectivity index (χ3n) is 2.91. The van der Waals surface area contributed by atoms with Gasteiger partial charge in [-0.15, -0.1) is 11.3 Å². The highest BCUT2D eigenvalue weighted by molar-refractivity contribution is 7.09. The summed E-state index contributed by atoms with van der Waals surface area (Å²) in [5, 5.41) is 5.90. The van der Waals surface area contributed by atoms with Crippen LogP contribution in [0.2, 0.25) is 0 Å². The van der Waals surface area contributed by atoms with Crippen LogP contribution in [0.25, 0.3) is 0 Å². The van der Waals surface area contributed by atoms with Gasteiger partial charge in [0.15, 0.2) is 0 Å². The molecule has 0 aliphatic carbocycles. The first-order valence-electron chi connectivity index (χ1n) is 5.68. The molecular weight excluding hydrogens is 238 g/mol. The van der Waals surface area contributed by atoms with E-state index in [1.165, 1.54) is 0 Å². The SMILES string of the molecule is CNC1C(=O)N(Cc2nccs2)CCOC1C. The molecule has 1 amide bonds. The lowest BCUT2D eigenvalue weighted by Gasteiger charge is -2.24. The van der Waals surface area contributed by atoms with E-state index in [9.17, 15) is 4.79 Å². The summed E-state index contributed by atoms with van der Waals surface area (Å²) in [5.74, 6) is 0.0905. The van der Waals surface area contributed by atoms with Crippen molar-refractivity contribution >= 4 is 17.2 Å². The summed E-state index contributed by atoms with van der Waals surface area (Å²) >= 11 is 1.57. The summed E-state index contributed by atoms with van der Waals surface area (Å²) in [6.07, 6.45) is 1.67. The van der Waals surface area contributed by atoms with Gasteiger partial charge in [0.25, 0.3) is 0 Å². The van der Waals surface area contributed by atoms with Crippen LogP contribution in [0.4, 0.5) is 0 Å². The van der Waals surface area contributed by atoms with Gasteiger partial charge in [-0.2, -0.15) is 0 Å². The fourth-order valence-electron chi connectivity index (χ4n) is 1.96. The Morgan fingerprint density at radius 1 is 1.71 bits per heavy atom. The van der Waals surface area contributed by atoms with Crippen LogP contribution in [0.3, 0.4) is 0 Å². The second kappa shape index (κ2) is 5.57. The third kappa shape index (κ3) is 2.83. The molecule has 94 valence electrons. The van der Waals surface area contributed by atoms with E-state index < -0.39 is 0 Å². The number of nitrogens with one attached hydrogen (secondary N) is 1. The number of likely N-dealkylation sites (N-methyl/N-ethyl adjacent to an activating group) is 1. The Morgan fingerprint density at radius 3 is 3.18 bits per heavy atom. The molecule has 0 radical (unpaired) electrons. The molecule has 1 aromatic heterocycles. The van der Waals surface area contributed by atoms with Gasteiger partial charge in [-0.3, -0.25) is 4.79 Å². The van der Waals surface area contributed by atoms with Crippen LogP contribution in [0.1, 0.15) is 11.9 Å². The molecule has 1 aromatic rings. The number of carbonyl (C=O) groups is 1. The summed E-state index contributed by atoms with van der Waals surface area (Å²) < 4.78 is 5.58. The third-order valence-corrected chi connectivity index (χ3v) is 3.67. The zero-order chi connectivity index (χ0) is 12.3. The molecule has 0 spiro atoms. The molecule has 1 N–H and O–H groups in total. The van der Waals surface area contributed by atoms with Crippen LogP contribution in [-0.2, 0) is 16.1 Å². The molecule has 0 aromatic carbocycles. The quantitative estimate of drug-likeness (QED) is 0.853. The minimum Gasteiger partial charge on any atom is -0.374 e. The Morgan fingerprint density at radius 2 is 2.53 bits per heavy atom. The largest absolute Gasteiger partial charge is 0.374 e. The number of ether oxygens (including phenoxy) is 1. The van der Waals surface area contributed by atoms with Gasteiger partial charge in [0.05, 0.1) is 19.3 Å². The molecular formula is C11H17N3O2S. The predicted octanol–water partition coefficient (Wildman–Crippen LogP) is 0.478. The smallest absolute Gasteiger partial charge is 0.242 e. The zero-order valence-corrected chi connectivity index (χ0v) is 10.9. The summed E-state index contributed by atoms with van der Waals surface area (Å²) in [7, 11) is 1.79. The van der Waals surface area contributed by atoms with Crippen LogP contribution >= 0.6 is 11.3 Å². The van der Waals surface area contributed by atoms with Gasteiger partial charge in [-0.1, -0.05) is 0 Å². The number of hydrogen-bond donors (Lipinski definition) is 1. The summed E-state index contributed by atoms with van der Waals surface area (Å²) in [6.45, 7) is 3.70. The Kier molecular flexibility index (Phi) is 4.09. The first-order chi connectivity index (χ1) is 8.22. The number of hydrogen-bond acceptors (Lipinski definition) is 5. The van der Waals surface area contributed by atoms with Crippen molar-refractivity contribution in [3.05, 3.63) is 16.6 Å². The molecule has 2 atom stereocenters. The zero-order valence-electron chi connectivity index (χ0n) is 10.0. The van der Waals surface area contributed by atoms with Crippen molar-refractivity contribution in [2.45, 2.75) is 25.6 Å². The van der Waals surface area contributed by atoms with Gasteiger partial charge in [0.1, 0.15) is 11.0 Å². The van der Waals surface area contributed by atoms with Gasteiger partial charge in [0.2, 0.25) is 5.91 Å². The molecule has 1 aliphatic rings. The lowest BCUT2D eigenvalue weighted by atomic mass is 10.1. The van der Waals surface area contributed by atoms with E-state index in [1.807, 2.05) is 17.2 Å². The van der Waals surface area contributed by atoms with Crippen molar-refractivity contribution in [2.24, 2.45) is 0 Å². The standard InChI is InChI=1S/C11H17N3O2S/c1-8-10(12-2)11(15)14(4-5-16-8)7-9-13-3-6-17-9/h3,6,8,10,12H,4-5,7H2,1-2H3. The number of aromatic nitrogens is 1. The maximum absolute atomic E-state index is 12.3. The Balaban J connectivity index is 2.08. The number of carbonyl (C=O) groups excluding carboxylic acids is 1. The van der Waals surface area contributed by atoms with E-state index in [0.29, 0.717) is 19.7 Å². The second-order valence-corrected chi connectivity index (χ2v) is 5.01. The van der Waals surface area contributed by atoms with Gasteiger partial charge in [0, 0.05) is 18.1 Å². The van der Waals surface area contributed by atoms with E-state index in [4.69, 9.17) is 4.74 Å². The van der Waals surface area contributed by atoms with Crippen molar-refractivity contribution in [1.82, 2.24) is 15.2 Å². The minimum absolute atomic E-state index is 0.0891. The fraction of sp³-hybridized carbons (Fsp3) is 0.636. The van der Waals surface area contributed by atoms with Crippen LogP contribution < -0.4 is 5.32 Å². The molecule has 0 bridgehead atoms. The molecule has 5 nitrogen and oxygen atoms in total. The molecule has 1 saturated heterocycles. The summed E-state index contributed by atoms with van der Waals surface area (Å²) in [6, 6.07) is -0.266. The van der Waals surface area contributed by atoms with Gasteiger partial charge in [-0.25, -0.2) is 4.98 Å². The van der Waals surface area contributed by atoms with Crippen molar-refractivity contribution in [1.29, 1.82) is 0 Å². The Hall–Kier alpha value is -0.980. The predicted molar refractivity (Wildman–Crippen MR) is 65.8 cm³/mol. The normalized spacial score (nSPS) is 26.0. The van der Waals surface area contributed by atoms with E-state index >= 15 is 0 Å². The second-order valence-electron chi connectivity index (χ2n) is 4.03. The Bertz CT molecular complexity index is 369. The lowest BCUT2D eigenvalue weighted by molar-refractivity contribution is -0.134. The first kappa shape index (κ1) is 12.5.